The van der Waals surface area contributed by atoms with Gasteiger partial charge < -0.3 is 5.73 Å². The van der Waals surface area contributed by atoms with Gasteiger partial charge in [-0.15, -0.1) is 0 Å². The van der Waals surface area contributed by atoms with Crippen molar-refractivity contribution >= 4 is 23.2 Å². The smallest absolute Gasteiger partial charge is 0.138 e. The number of nitrogens with zero attached hydrogens (tertiary/aromatic N) is 3. The summed E-state index contributed by atoms with van der Waals surface area (Å²) in [7, 11) is 0. The van der Waals surface area contributed by atoms with E-state index in [9.17, 15) is 0 Å². The van der Waals surface area contributed by atoms with Crippen LogP contribution in [0.4, 0.5) is 0 Å². The minimum atomic E-state index is -0.172. The molecule has 4 nitrogen and oxygen atoms in total. The fourth-order valence-electron chi connectivity index (χ4n) is 1.77. The summed E-state index contributed by atoms with van der Waals surface area (Å²) < 4.78 is 1.83. The van der Waals surface area contributed by atoms with Gasteiger partial charge in [-0.05, 0) is 24.6 Å². The molecule has 1 unspecified atom stereocenters. The van der Waals surface area contributed by atoms with Crippen molar-refractivity contribution in [2.45, 2.75) is 25.9 Å². The lowest BCUT2D eigenvalue weighted by atomic mass is 10.0. The van der Waals surface area contributed by atoms with Gasteiger partial charge in [-0.3, -0.25) is 4.68 Å². The Labute approximate surface area is 116 Å². The molecule has 1 atom stereocenters. The maximum absolute atomic E-state index is 6.15. The highest BCUT2D eigenvalue weighted by atomic mass is 35.5. The first-order valence-electron chi connectivity index (χ1n) is 5.69. The van der Waals surface area contributed by atoms with Crippen LogP contribution < -0.4 is 5.73 Å². The van der Waals surface area contributed by atoms with E-state index in [-0.39, 0.29) is 6.04 Å². The van der Waals surface area contributed by atoms with Crippen LogP contribution in [0, 0.1) is 0 Å². The van der Waals surface area contributed by atoms with Crippen LogP contribution >= 0.6 is 23.2 Å². The molecule has 18 heavy (non-hydrogen) atoms. The molecule has 0 bridgehead atoms. The molecule has 0 radical (unpaired) electrons. The third kappa shape index (κ3) is 2.83. The number of aromatic nitrogens is 3. The zero-order valence-electron chi connectivity index (χ0n) is 9.98. The van der Waals surface area contributed by atoms with E-state index in [4.69, 9.17) is 28.9 Å². The van der Waals surface area contributed by atoms with E-state index < -0.39 is 0 Å². The zero-order chi connectivity index (χ0) is 13.1. The summed E-state index contributed by atoms with van der Waals surface area (Å²) >= 11 is 11.9. The maximum Gasteiger partial charge on any atom is 0.138 e. The molecule has 0 aliphatic rings. The maximum atomic E-state index is 6.15. The van der Waals surface area contributed by atoms with E-state index in [0.29, 0.717) is 16.5 Å². The molecule has 0 fully saturated rings. The Balaban J connectivity index is 2.16. The fourth-order valence-corrected chi connectivity index (χ4v) is 2.07. The summed E-state index contributed by atoms with van der Waals surface area (Å²) in [5, 5.41) is 5.16. The highest BCUT2D eigenvalue weighted by Gasteiger charge is 2.12. The van der Waals surface area contributed by atoms with E-state index in [2.05, 4.69) is 10.1 Å². The number of nitrogens with two attached hydrogens (primary N) is 1. The van der Waals surface area contributed by atoms with Gasteiger partial charge in [0.05, 0.1) is 10.0 Å². The topological polar surface area (TPSA) is 56.7 Å². The minimum absolute atomic E-state index is 0.172. The van der Waals surface area contributed by atoms with Crippen LogP contribution in [-0.4, -0.2) is 14.8 Å². The predicted molar refractivity (Wildman–Crippen MR) is 72.8 cm³/mol. The number of hydrogen-bond acceptors (Lipinski definition) is 3. The number of benzene rings is 1. The Hall–Kier alpha value is -1.10. The highest BCUT2D eigenvalue weighted by molar-refractivity contribution is 6.42. The number of hydrogen-bond donors (Lipinski definition) is 1. The van der Waals surface area contributed by atoms with Crippen LogP contribution in [0.1, 0.15) is 24.4 Å². The van der Waals surface area contributed by atoms with Crippen LogP contribution in [0.15, 0.2) is 24.5 Å². The molecule has 0 spiro atoms. The molecule has 0 aliphatic carbocycles. The van der Waals surface area contributed by atoms with Gasteiger partial charge in [-0.2, -0.15) is 5.10 Å². The lowest BCUT2D eigenvalue weighted by molar-refractivity contribution is 0.581. The zero-order valence-corrected chi connectivity index (χ0v) is 11.5. The Morgan fingerprint density at radius 1 is 1.33 bits per heavy atom. The van der Waals surface area contributed by atoms with Gasteiger partial charge in [0, 0.05) is 19.0 Å². The molecule has 1 heterocycles. The van der Waals surface area contributed by atoms with Gasteiger partial charge in [0.1, 0.15) is 12.2 Å². The second-order valence-electron chi connectivity index (χ2n) is 3.98. The van der Waals surface area contributed by atoms with Crippen molar-refractivity contribution in [1.82, 2.24) is 14.8 Å². The van der Waals surface area contributed by atoms with Crippen LogP contribution in [0.5, 0.6) is 0 Å². The molecule has 1 aromatic carbocycles. The van der Waals surface area contributed by atoms with E-state index >= 15 is 0 Å². The highest BCUT2D eigenvalue weighted by Crippen LogP contribution is 2.25. The molecule has 0 aliphatic heterocycles. The summed E-state index contributed by atoms with van der Waals surface area (Å²) in [6.45, 7) is 2.80. The second-order valence-corrected chi connectivity index (χ2v) is 4.79. The molecule has 2 aromatic rings. The number of rotatable bonds is 4. The normalized spacial score (nSPS) is 12.7. The van der Waals surface area contributed by atoms with Crippen LogP contribution in [0.3, 0.4) is 0 Å². The van der Waals surface area contributed by atoms with Gasteiger partial charge in [0.2, 0.25) is 0 Å². The van der Waals surface area contributed by atoms with E-state index in [1.807, 2.05) is 17.7 Å². The molecule has 0 amide bonds. The first-order valence-corrected chi connectivity index (χ1v) is 6.44. The molecule has 0 saturated heterocycles. The molecular weight excluding hydrogens is 271 g/mol. The lowest BCUT2D eigenvalue weighted by Crippen LogP contribution is -2.16. The Kier molecular flexibility index (Phi) is 4.22. The summed E-state index contributed by atoms with van der Waals surface area (Å²) in [5.41, 5.74) is 7.09. The lowest BCUT2D eigenvalue weighted by Gasteiger charge is -2.12. The molecule has 2 N–H and O–H groups in total. The van der Waals surface area contributed by atoms with Crippen molar-refractivity contribution in [2.75, 3.05) is 0 Å². The first-order chi connectivity index (χ1) is 8.61. The molecular formula is C12H14Cl2N4. The van der Waals surface area contributed by atoms with Crippen molar-refractivity contribution in [3.05, 3.63) is 46.0 Å². The first kappa shape index (κ1) is 13.3. The second kappa shape index (κ2) is 5.69. The molecule has 96 valence electrons. The Morgan fingerprint density at radius 2 is 2.11 bits per heavy atom. The standard InChI is InChI=1S/C12H14Cl2N4/c1-2-18-12(16-7-17-18)6-11(15)8-3-4-9(13)10(14)5-8/h3-5,7,11H,2,6,15H2,1H3. The van der Waals surface area contributed by atoms with Gasteiger partial charge >= 0.3 is 0 Å². The minimum Gasteiger partial charge on any atom is -0.324 e. The van der Waals surface area contributed by atoms with Crippen LogP contribution in [-0.2, 0) is 13.0 Å². The summed E-state index contributed by atoms with van der Waals surface area (Å²) in [4.78, 5) is 4.21. The van der Waals surface area contributed by atoms with Crippen LogP contribution in [0.2, 0.25) is 10.0 Å². The average molecular weight is 285 g/mol. The van der Waals surface area contributed by atoms with E-state index in [0.717, 1.165) is 17.9 Å². The SMILES string of the molecule is CCn1ncnc1CC(N)c1ccc(Cl)c(Cl)c1. The van der Waals surface area contributed by atoms with E-state index in [1.165, 1.54) is 0 Å². The Morgan fingerprint density at radius 3 is 2.78 bits per heavy atom. The van der Waals surface area contributed by atoms with Crippen LogP contribution in [0.25, 0.3) is 0 Å². The fraction of sp³-hybridized carbons (Fsp3) is 0.333. The van der Waals surface area contributed by atoms with E-state index in [1.54, 1.807) is 18.5 Å². The summed E-state index contributed by atoms with van der Waals surface area (Å²) in [6.07, 6.45) is 2.16. The number of aryl methyl sites for hydroxylation is 1. The predicted octanol–water partition coefficient (Wildman–Crippen LogP) is 2.85. The van der Waals surface area contributed by atoms with Crippen molar-refractivity contribution in [2.24, 2.45) is 5.73 Å². The third-order valence-electron chi connectivity index (χ3n) is 2.77. The summed E-state index contributed by atoms with van der Waals surface area (Å²) in [5.74, 6) is 0.871. The van der Waals surface area contributed by atoms with Crippen molar-refractivity contribution in [1.29, 1.82) is 0 Å². The molecule has 6 heteroatoms. The summed E-state index contributed by atoms with van der Waals surface area (Å²) in [6, 6.07) is 5.25. The molecule has 0 saturated carbocycles. The van der Waals surface area contributed by atoms with Crippen molar-refractivity contribution in [3.8, 4) is 0 Å². The van der Waals surface area contributed by atoms with Gasteiger partial charge in [-0.1, -0.05) is 29.3 Å². The molecule has 1 aromatic heterocycles. The quantitative estimate of drug-likeness (QED) is 0.939. The average Bonchev–Trinajstić information content (AvgIpc) is 2.79. The van der Waals surface area contributed by atoms with Gasteiger partial charge in [-0.25, -0.2) is 4.98 Å². The molecule has 2 rings (SSSR count). The third-order valence-corrected chi connectivity index (χ3v) is 3.51. The monoisotopic (exact) mass is 284 g/mol. The van der Waals surface area contributed by atoms with Crippen molar-refractivity contribution < 1.29 is 0 Å². The van der Waals surface area contributed by atoms with Crippen molar-refractivity contribution in [3.63, 3.8) is 0 Å². The number of halogens is 2. The Bertz CT molecular complexity index is 539. The van der Waals surface area contributed by atoms with Gasteiger partial charge in [0.15, 0.2) is 0 Å². The largest absolute Gasteiger partial charge is 0.324 e. The van der Waals surface area contributed by atoms with Gasteiger partial charge in [0.25, 0.3) is 0 Å².